The number of aliphatic carboxylic acids is 2. The first-order chi connectivity index (χ1) is 14.9. The van der Waals surface area contributed by atoms with Gasteiger partial charge in [-0.2, -0.15) is 0 Å². The van der Waals surface area contributed by atoms with E-state index in [2.05, 4.69) is 21.3 Å². The second kappa shape index (κ2) is 12.6. The molecule has 0 saturated carbocycles. The molecule has 1 aliphatic rings. The molecule has 0 bridgehead atoms. The average Bonchev–Trinajstić information content (AvgIpc) is 3.22. The number of carbonyl (C=O) groups excluding carboxylic acids is 4. The van der Waals surface area contributed by atoms with Crippen molar-refractivity contribution in [2.75, 3.05) is 6.54 Å². The van der Waals surface area contributed by atoms with E-state index in [9.17, 15) is 33.9 Å². The summed E-state index contributed by atoms with van der Waals surface area (Å²) in [6.45, 7) is 3.82. The second-order valence-electron chi connectivity index (χ2n) is 7.94. The monoisotopic (exact) mass is 457 g/mol. The summed E-state index contributed by atoms with van der Waals surface area (Å²) in [6.07, 6.45) is 0.113. The number of hydrogen-bond acceptors (Lipinski definition) is 7. The van der Waals surface area contributed by atoms with E-state index in [1.807, 2.05) is 0 Å². The highest BCUT2D eigenvalue weighted by atomic mass is 16.4. The fourth-order valence-corrected chi connectivity index (χ4v) is 3.16. The maximum absolute atomic E-state index is 12.7. The molecular weight excluding hydrogens is 426 g/mol. The maximum Gasteiger partial charge on any atom is 0.326 e. The van der Waals surface area contributed by atoms with Gasteiger partial charge in [0.25, 0.3) is 0 Å². The first kappa shape index (κ1) is 26.8. The Morgan fingerprint density at radius 1 is 1.00 bits per heavy atom. The van der Waals surface area contributed by atoms with E-state index in [4.69, 9.17) is 10.8 Å². The topological polar surface area (TPSA) is 217 Å². The van der Waals surface area contributed by atoms with Crippen LogP contribution in [0.5, 0.6) is 0 Å². The molecule has 0 aliphatic carbocycles. The minimum atomic E-state index is -1.43. The van der Waals surface area contributed by atoms with Crippen LogP contribution in [0.3, 0.4) is 0 Å². The molecule has 13 heteroatoms. The van der Waals surface area contributed by atoms with Gasteiger partial charge in [0.1, 0.15) is 18.1 Å². The van der Waals surface area contributed by atoms with E-state index < -0.39 is 72.1 Å². The Bertz CT molecular complexity index is 735. The van der Waals surface area contributed by atoms with Crippen molar-refractivity contribution in [1.29, 1.82) is 0 Å². The van der Waals surface area contributed by atoms with Gasteiger partial charge >= 0.3 is 11.9 Å². The maximum atomic E-state index is 12.7. The Labute approximate surface area is 184 Å². The average molecular weight is 457 g/mol. The third-order valence-electron chi connectivity index (χ3n) is 4.93. The summed E-state index contributed by atoms with van der Waals surface area (Å²) < 4.78 is 0. The van der Waals surface area contributed by atoms with Crippen LogP contribution >= 0.6 is 0 Å². The molecule has 1 heterocycles. The number of carbonyl (C=O) groups is 6. The van der Waals surface area contributed by atoms with E-state index in [0.717, 1.165) is 6.42 Å². The first-order valence-electron chi connectivity index (χ1n) is 10.3. The van der Waals surface area contributed by atoms with Crippen molar-refractivity contribution in [3.63, 3.8) is 0 Å². The Balaban J connectivity index is 2.88. The molecule has 0 radical (unpaired) electrons. The van der Waals surface area contributed by atoms with Crippen molar-refractivity contribution < 1.29 is 39.0 Å². The molecule has 1 saturated heterocycles. The van der Waals surface area contributed by atoms with Crippen molar-refractivity contribution in [1.82, 2.24) is 21.3 Å². The van der Waals surface area contributed by atoms with E-state index in [-0.39, 0.29) is 12.8 Å². The summed E-state index contributed by atoms with van der Waals surface area (Å²) in [5.41, 5.74) is 5.02. The van der Waals surface area contributed by atoms with E-state index in [1.165, 1.54) is 0 Å². The fourth-order valence-electron chi connectivity index (χ4n) is 3.16. The van der Waals surface area contributed by atoms with Crippen LogP contribution in [-0.4, -0.2) is 76.5 Å². The van der Waals surface area contributed by atoms with Gasteiger partial charge in [-0.25, -0.2) is 4.79 Å². The van der Waals surface area contributed by atoms with Crippen LogP contribution in [0.15, 0.2) is 0 Å². The van der Waals surface area contributed by atoms with Gasteiger partial charge in [-0.05, 0) is 31.7 Å². The summed E-state index contributed by atoms with van der Waals surface area (Å²) in [6, 6.07) is -4.58. The second-order valence-corrected chi connectivity index (χ2v) is 7.94. The number of hydrogen-bond donors (Lipinski definition) is 7. The van der Waals surface area contributed by atoms with Gasteiger partial charge in [0.05, 0.1) is 12.5 Å². The lowest BCUT2D eigenvalue weighted by molar-refractivity contribution is -0.144. The third-order valence-corrected chi connectivity index (χ3v) is 4.93. The number of amides is 4. The molecular formula is C19H31N5O8. The lowest BCUT2D eigenvalue weighted by Gasteiger charge is -2.26. The minimum absolute atomic E-state index is 0.235. The lowest BCUT2D eigenvalue weighted by atomic mass is 10.0. The zero-order valence-corrected chi connectivity index (χ0v) is 18.1. The van der Waals surface area contributed by atoms with Crippen LogP contribution in [0.4, 0.5) is 0 Å². The van der Waals surface area contributed by atoms with Gasteiger partial charge in [-0.3, -0.25) is 24.0 Å². The summed E-state index contributed by atoms with van der Waals surface area (Å²) in [7, 11) is 0. The fraction of sp³-hybridized carbons (Fsp3) is 0.684. The van der Waals surface area contributed by atoms with Crippen LogP contribution in [0.25, 0.3) is 0 Å². The van der Waals surface area contributed by atoms with Gasteiger partial charge in [-0.15, -0.1) is 0 Å². The summed E-state index contributed by atoms with van der Waals surface area (Å²) >= 11 is 0. The summed E-state index contributed by atoms with van der Waals surface area (Å²) in [4.78, 5) is 71.1. The molecule has 1 aliphatic heterocycles. The Kier molecular flexibility index (Phi) is 10.5. The molecule has 1 rings (SSSR count). The zero-order valence-electron chi connectivity index (χ0n) is 18.1. The van der Waals surface area contributed by atoms with Crippen LogP contribution < -0.4 is 27.0 Å². The van der Waals surface area contributed by atoms with Gasteiger partial charge in [0.2, 0.25) is 23.6 Å². The first-order valence-corrected chi connectivity index (χ1v) is 10.3. The highest BCUT2D eigenvalue weighted by molar-refractivity contribution is 5.95. The van der Waals surface area contributed by atoms with E-state index in [1.54, 1.807) is 13.8 Å². The molecule has 1 fully saturated rings. The van der Waals surface area contributed by atoms with E-state index in [0.29, 0.717) is 13.0 Å². The molecule has 0 aromatic carbocycles. The Hall–Kier alpha value is -3.22. The number of rotatable bonds is 13. The molecule has 0 aromatic rings. The largest absolute Gasteiger partial charge is 0.481 e. The molecule has 0 spiro atoms. The highest BCUT2D eigenvalue weighted by Gasteiger charge is 2.33. The van der Waals surface area contributed by atoms with Crippen molar-refractivity contribution in [2.45, 2.75) is 70.1 Å². The predicted octanol–water partition coefficient (Wildman–Crippen LogP) is -2.33. The lowest BCUT2D eigenvalue weighted by Crippen LogP contribution is -2.58. The van der Waals surface area contributed by atoms with Crippen molar-refractivity contribution in [2.24, 2.45) is 11.7 Å². The number of nitrogens with two attached hydrogens (primary N) is 1. The summed E-state index contributed by atoms with van der Waals surface area (Å²) in [5.74, 6) is -6.18. The Morgan fingerprint density at radius 3 is 2.12 bits per heavy atom. The smallest absolute Gasteiger partial charge is 0.326 e. The molecule has 32 heavy (non-hydrogen) atoms. The standard InChI is InChI=1S/C19H31N5O8/c1-9(2)15(18(30)22-11(19(31)32)5-6-13(20)25)24-17(29)12(8-14(26)27)23-16(28)10-4-3-7-21-10/h9-12,15,21H,3-8H2,1-2H3,(H2,20,25)(H,22,30)(H,23,28)(H,24,29)(H,26,27)(H,31,32). The minimum Gasteiger partial charge on any atom is -0.481 e. The molecule has 4 amide bonds. The van der Waals surface area contributed by atoms with Crippen LogP contribution in [0.1, 0.15) is 46.0 Å². The molecule has 8 N–H and O–H groups in total. The summed E-state index contributed by atoms with van der Waals surface area (Å²) in [5, 5.41) is 28.3. The normalized spacial score (nSPS) is 18.3. The molecule has 180 valence electrons. The Morgan fingerprint density at radius 2 is 1.66 bits per heavy atom. The van der Waals surface area contributed by atoms with Crippen molar-refractivity contribution >= 4 is 35.6 Å². The number of carboxylic acid groups (broad SMARTS) is 2. The van der Waals surface area contributed by atoms with Gasteiger partial charge < -0.3 is 37.2 Å². The number of carboxylic acids is 2. The zero-order chi connectivity index (χ0) is 24.4. The van der Waals surface area contributed by atoms with Crippen LogP contribution in [-0.2, 0) is 28.8 Å². The molecule has 0 aromatic heterocycles. The van der Waals surface area contributed by atoms with Gasteiger partial charge in [0.15, 0.2) is 0 Å². The van der Waals surface area contributed by atoms with Crippen molar-refractivity contribution in [3.8, 4) is 0 Å². The molecule has 4 unspecified atom stereocenters. The van der Waals surface area contributed by atoms with Crippen LogP contribution in [0.2, 0.25) is 0 Å². The molecule has 4 atom stereocenters. The highest BCUT2D eigenvalue weighted by Crippen LogP contribution is 2.08. The number of nitrogens with one attached hydrogen (secondary N) is 4. The quantitative estimate of drug-likeness (QED) is 0.158. The third kappa shape index (κ3) is 8.88. The number of primary amides is 1. The predicted molar refractivity (Wildman–Crippen MR) is 110 cm³/mol. The van der Waals surface area contributed by atoms with Gasteiger partial charge in [-0.1, -0.05) is 13.8 Å². The van der Waals surface area contributed by atoms with Gasteiger partial charge in [0, 0.05) is 6.42 Å². The van der Waals surface area contributed by atoms with Crippen molar-refractivity contribution in [3.05, 3.63) is 0 Å². The molecule has 13 nitrogen and oxygen atoms in total. The SMILES string of the molecule is CC(C)C(NC(=O)C(CC(=O)O)NC(=O)C1CCCN1)C(=O)NC(CCC(N)=O)C(=O)O. The van der Waals surface area contributed by atoms with E-state index >= 15 is 0 Å². The van der Waals surface area contributed by atoms with Crippen LogP contribution in [0, 0.1) is 5.92 Å².